The van der Waals surface area contributed by atoms with Gasteiger partial charge in [-0.2, -0.15) is 0 Å². The van der Waals surface area contributed by atoms with Gasteiger partial charge in [0.05, 0.1) is 20.6 Å². The van der Waals surface area contributed by atoms with Crippen LogP contribution in [0.5, 0.6) is 0 Å². The number of carbonyl (C=O) groups is 2. The molecule has 2 amide bonds. The standard InChI is InChI=1S/C30H34Cl3N3O4S/c1-19-7-11-24(12-8-19)41(39,40)36(27-14-10-23(31)15-20(27)2)18-28(37)35(21(3)29(38)34-30(4,5)6)17-22-9-13-25(32)26(33)16-22/h7-16,21H,17-18H2,1-6H3,(H,34,38). The van der Waals surface area contributed by atoms with Gasteiger partial charge >= 0.3 is 0 Å². The van der Waals surface area contributed by atoms with E-state index < -0.39 is 34.1 Å². The Morgan fingerprint density at radius 1 is 0.902 bits per heavy atom. The molecule has 3 aromatic carbocycles. The lowest BCUT2D eigenvalue weighted by molar-refractivity contribution is -0.140. The van der Waals surface area contributed by atoms with Gasteiger partial charge in [-0.15, -0.1) is 0 Å². The smallest absolute Gasteiger partial charge is 0.264 e. The molecular weight excluding hydrogens is 605 g/mol. The minimum atomic E-state index is -4.19. The van der Waals surface area contributed by atoms with Gasteiger partial charge in [0.25, 0.3) is 10.0 Å². The summed E-state index contributed by atoms with van der Waals surface area (Å²) in [6.45, 7) is 10.1. The lowest BCUT2D eigenvalue weighted by Crippen LogP contribution is -2.54. The molecule has 41 heavy (non-hydrogen) atoms. The number of nitrogens with one attached hydrogen (secondary N) is 1. The molecule has 0 spiro atoms. The average molecular weight is 639 g/mol. The zero-order valence-electron chi connectivity index (χ0n) is 23.8. The zero-order valence-corrected chi connectivity index (χ0v) is 26.9. The molecule has 0 aliphatic rings. The first-order valence-electron chi connectivity index (χ1n) is 12.9. The lowest BCUT2D eigenvalue weighted by Gasteiger charge is -2.34. The Balaban J connectivity index is 2.09. The van der Waals surface area contributed by atoms with Crippen LogP contribution in [0.25, 0.3) is 0 Å². The highest BCUT2D eigenvalue weighted by Gasteiger charge is 2.34. The number of aryl methyl sites for hydroxylation is 2. The Morgan fingerprint density at radius 2 is 1.54 bits per heavy atom. The van der Waals surface area contributed by atoms with Gasteiger partial charge in [-0.1, -0.05) is 58.6 Å². The number of hydrogen-bond acceptors (Lipinski definition) is 4. The van der Waals surface area contributed by atoms with Crippen molar-refractivity contribution < 1.29 is 18.0 Å². The summed E-state index contributed by atoms with van der Waals surface area (Å²) in [7, 11) is -4.19. The first-order chi connectivity index (χ1) is 19.0. The van der Waals surface area contributed by atoms with Crippen LogP contribution in [0.15, 0.2) is 65.6 Å². The molecule has 0 bridgehead atoms. The van der Waals surface area contributed by atoms with Crippen LogP contribution in [0, 0.1) is 13.8 Å². The molecule has 1 atom stereocenters. The topological polar surface area (TPSA) is 86.8 Å². The first kappa shape index (κ1) is 32.7. The van der Waals surface area contributed by atoms with E-state index in [2.05, 4.69) is 5.32 Å². The molecular formula is C30H34Cl3N3O4S. The Hall–Kier alpha value is -2.78. The van der Waals surface area contributed by atoms with Crippen LogP contribution in [0.2, 0.25) is 15.1 Å². The third kappa shape index (κ3) is 8.38. The fourth-order valence-corrected chi connectivity index (χ4v) is 6.17. The molecule has 0 fully saturated rings. The van der Waals surface area contributed by atoms with Crippen LogP contribution >= 0.6 is 34.8 Å². The molecule has 0 aliphatic carbocycles. The molecule has 7 nitrogen and oxygen atoms in total. The van der Waals surface area contributed by atoms with Crippen LogP contribution in [-0.2, 0) is 26.2 Å². The van der Waals surface area contributed by atoms with E-state index in [1.54, 1.807) is 62.4 Å². The second-order valence-electron chi connectivity index (χ2n) is 10.9. The lowest BCUT2D eigenvalue weighted by atomic mass is 10.1. The summed E-state index contributed by atoms with van der Waals surface area (Å²) >= 11 is 18.5. The number of carbonyl (C=O) groups excluding carboxylic acids is 2. The molecule has 11 heteroatoms. The Morgan fingerprint density at radius 3 is 2.10 bits per heavy atom. The molecule has 0 aliphatic heterocycles. The molecule has 0 aromatic heterocycles. The average Bonchev–Trinajstić information content (AvgIpc) is 2.87. The van der Waals surface area contributed by atoms with Crippen molar-refractivity contribution in [1.82, 2.24) is 10.2 Å². The van der Waals surface area contributed by atoms with E-state index in [1.165, 1.54) is 17.0 Å². The maximum atomic E-state index is 14.1. The van der Waals surface area contributed by atoms with Gasteiger partial charge in [0.15, 0.2) is 0 Å². The zero-order chi connectivity index (χ0) is 30.7. The van der Waals surface area contributed by atoms with Crippen molar-refractivity contribution in [2.45, 2.75) is 64.6 Å². The van der Waals surface area contributed by atoms with Crippen LogP contribution < -0.4 is 9.62 Å². The first-order valence-corrected chi connectivity index (χ1v) is 15.5. The van der Waals surface area contributed by atoms with Crippen molar-refractivity contribution in [3.05, 3.63) is 92.4 Å². The van der Waals surface area contributed by atoms with Gasteiger partial charge in [-0.05, 0) is 95.1 Å². The SMILES string of the molecule is Cc1ccc(S(=O)(=O)N(CC(=O)N(Cc2ccc(Cl)c(Cl)c2)C(C)C(=O)NC(C)(C)C)c2ccc(Cl)cc2C)cc1. The Kier molecular flexibility index (Phi) is 10.4. The molecule has 0 heterocycles. The van der Waals surface area contributed by atoms with E-state index in [0.717, 1.165) is 9.87 Å². The maximum absolute atomic E-state index is 14.1. The van der Waals surface area contributed by atoms with E-state index in [-0.39, 0.29) is 17.3 Å². The monoisotopic (exact) mass is 637 g/mol. The van der Waals surface area contributed by atoms with E-state index in [1.807, 2.05) is 27.7 Å². The van der Waals surface area contributed by atoms with E-state index >= 15 is 0 Å². The molecule has 0 radical (unpaired) electrons. The van der Waals surface area contributed by atoms with Crippen molar-refractivity contribution in [2.75, 3.05) is 10.8 Å². The molecule has 220 valence electrons. The summed E-state index contributed by atoms with van der Waals surface area (Å²) in [5.74, 6) is -0.973. The molecule has 0 saturated heterocycles. The van der Waals surface area contributed by atoms with Gasteiger partial charge in [0.1, 0.15) is 12.6 Å². The predicted molar refractivity (Wildman–Crippen MR) is 166 cm³/mol. The molecule has 3 aromatic rings. The second-order valence-corrected chi connectivity index (χ2v) is 14.1. The maximum Gasteiger partial charge on any atom is 0.264 e. The van der Waals surface area contributed by atoms with Gasteiger partial charge in [-0.3, -0.25) is 13.9 Å². The quantitative estimate of drug-likeness (QED) is 0.280. The number of anilines is 1. The fourth-order valence-electron chi connectivity index (χ4n) is 4.14. The van der Waals surface area contributed by atoms with Crippen LogP contribution in [-0.4, -0.2) is 43.3 Å². The van der Waals surface area contributed by atoms with Crippen LogP contribution in [0.4, 0.5) is 5.69 Å². The summed E-state index contributed by atoms with van der Waals surface area (Å²) in [6, 6.07) is 15.1. The third-order valence-corrected chi connectivity index (χ3v) is 9.07. The normalized spacial score (nSPS) is 12.5. The van der Waals surface area contributed by atoms with Crippen molar-refractivity contribution in [2.24, 2.45) is 0 Å². The van der Waals surface area contributed by atoms with Crippen molar-refractivity contribution in [3.63, 3.8) is 0 Å². The highest BCUT2D eigenvalue weighted by molar-refractivity contribution is 7.92. The third-order valence-electron chi connectivity index (χ3n) is 6.32. The van der Waals surface area contributed by atoms with Gasteiger partial charge < -0.3 is 10.2 Å². The number of benzene rings is 3. The van der Waals surface area contributed by atoms with Crippen molar-refractivity contribution >= 4 is 62.3 Å². The predicted octanol–water partition coefficient (Wildman–Crippen LogP) is 6.79. The minimum Gasteiger partial charge on any atom is -0.350 e. The number of nitrogens with zero attached hydrogens (tertiary/aromatic N) is 2. The minimum absolute atomic E-state index is 0.00747. The summed E-state index contributed by atoms with van der Waals surface area (Å²) in [5.41, 5.74) is 1.82. The van der Waals surface area contributed by atoms with Gasteiger partial charge in [0.2, 0.25) is 11.8 Å². The van der Waals surface area contributed by atoms with E-state index in [0.29, 0.717) is 31.9 Å². The largest absolute Gasteiger partial charge is 0.350 e. The summed E-state index contributed by atoms with van der Waals surface area (Å²) in [6.07, 6.45) is 0. The van der Waals surface area contributed by atoms with Gasteiger partial charge in [0, 0.05) is 17.1 Å². The van der Waals surface area contributed by atoms with Crippen molar-refractivity contribution in [1.29, 1.82) is 0 Å². The Bertz CT molecular complexity index is 1540. The van der Waals surface area contributed by atoms with Crippen LogP contribution in [0.1, 0.15) is 44.4 Å². The van der Waals surface area contributed by atoms with E-state index in [9.17, 15) is 18.0 Å². The molecule has 0 saturated carbocycles. The molecule has 1 unspecified atom stereocenters. The number of sulfonamides is 1. The van der Waals surface area contributed by atoms with Gasteiger partial charge in [-0.25, -0.2) is 8.42 Å². The number of halogens is 3. The highest BCUT2D eigenvalue weighted by Crippen LogP contribution is 2.30. The second kappa shape index (κ2) is 13.0. The Labute approximate surface area is 257 Å². The van der Waals surface area contributed by atoms with Crippen molar-refractivity contribution in [3.8, 4) is 0 Å². The number of hydrogen-bond donors (Lipinski definition) is 1. The highest BCUT2D eigenvalue weighted by atomic mass is 35.5. The van der Waals surface area contributed by atoms with E-state index in [4.69, 9.17) is 34.8 Å². The summed E-state index contributed by atoms with van der Waals surface area (Å²) in [5, 5.41) is 3.97. The molecule has 3 rings (SSSR count). The summed E-state index contributed by atoms with van der Waals surface area (Å²) < 4.78 is 29.0. The molecule has 1 N–H and O–H groups in total. The fraction of sp³-hybridized carbons (Fsp3) is 0.333. The summed E-state index contributed by atoms with van der Waals surface area (Å²) in [4.78, 5) is 28.6. The number of rotatable bonds is 9. The van der Waals surface area contributed by atoms with Crippen LogP contribution in [0.3, 0.4) is 0 Å². The number of amides is 2.